The Balaban J connectivity index is 1.76. The smallest absolute Gasteiger partial charge is 0.254 e. The first-order valence-electron chi connectivity index (χ1n) is 6.59. The fourth-order valence-electron chi connectivity index (χ4n) is 2.31. The minimum atomic E-state index is 0.0757. The summed E-state index contributed by atoms with van der Waals surface area (Å²) in [5.74, 6) is 0.0757. The predicted octanol–water partition coefficient (Wildman–Crippen LogP) is 3.54. The van der Waals surface area contributed by atoms with Crippen molar-refractivity contribution in [3.63, 3.8) is 0 Å². The van der Waals surface area contributed by atoms with Gasteiger partial charge in [-0.15, -0.1) is 11.3 Å². The Bertz CT molecular complexity index is 715. The van der Waals surface area contributed by atoms with Crippen LogP contribution in [0.25, 0.3) is 10.9 Å². The summed E-state index contributed by atoms with van der Waals surface area (Å²) in [6.07, 6.45) is 2.77. The second-order valence-electron chi connectivity index (χ2n) is 4.80. The lowest BCUT2D eigenvalue weighted by Gasteiger charge is -2.17. The highest BCUT2D eigenvalue weighted by Crippen LogP contribution is 2.19. The lowest BCUT2D eigenvalue weighted by molar-refractivity contribution is 0.0799. The summed E-state index contributed by atoms with van der Waals surface area (Å²) in [6, 6.07) is 11.9. The molecule has 0 atom stereocenters. The minimum Gasteiger partial charge on any atom is -0.361 e. The van der Waals surface area contributed by atoms with E-state index in [2.05, 4.69) is 16.4 Å². The molecule has 0 aliphatic rings. The second kappa shape index (κ2) is 5.51. The van der Waals surface area contributed by atoms with Gasteiger partial charge in [0.25, 0.3) is 5.91 Å². The van der Waals surface area contributed by atoms with Crippen molar-refractivity contribution in [2.45, 2.75) is 6.42 Å². The normalized spacial score (nSPS) is 10.8. The van der Waals surface area contributed by atoms with E-state index in [1.54, 1.807) is 16.2 Å². The molecule has 20 heavy (non-hydrogen) atoms. The van der Waals surface area contributed by atoms with Gasteiger partial charge >= 0.3 is 0 Å². The number of carbonyl (C=O) groups excluding carboxylic acids is 1. The lowest BCUT2D eigenvalue weighted by Crippen LogP contribution is -2.28. The van der Waals surface area contributed by atoms with Crippen molar-refractivity contribution >= 4 is 28.1 Å². The summed E-state index contributed by atoms with van der Waals surface area (Å²) >= 11 is 1.73. The number of aromatic nitrogens is 1. The van der Waals surface area contributed by atoms with Crippen LogP contribution in [0, 0.1) is 0 Å². The maximum absolute atomic E-state index is 12.5. The summed E-state index contributed by atoms with van der Waals surface area (Å²) in [5.41, 5.74) is 1.76. The van der Waals surface area contributed by atoms with E-state index in [9.17, 15) is 4.79 Å². The van der Waals surface area contributed by atoms with E-state index in [4.69, 9.17) is 0 Å². The van der Waals surface area contributed by atoms with E-state index in [0.717, 1.165) is 29.4 Å². The van der Waals surface area contributed by atoms with E-state index in [1.165, 1.54) is 4.88 Å². The highest BCUT2D eigenvalue weighted by atomic mass is 32.1. The van der Waals surface area contributed by atoms with Crippen LogP contribution in [0.2, 0.25) is 0 Å². The Labute approximate surface area is 121 Å². The molecule has 4 heteroatoms. The molecule has 3 nitrogen and oxygen atoms in total. The van der Waals surface area contributed by atoms with E-state index in [1.807, 2.05) is 43.6 Å². The topological polar surface area (TPSA) is 36.1 Å². The Morgan fingerprint density at radius 1 is 1.25 bits per heavy atom. The zero-order valence-corrected chi connectivity index (χ0v) is 12.1. The summed E-state index contributed by atoms with van der Waals surface area (Å²) in [6.45, 7) is 0.736. The Kier molecular flexibility index (Phi) is 3.56. The highest BCUT2D eigenvalue weighted by Gasteiger charge is 2.14. The van der Waals surface area contributed by atoms with Crippen LogP contribution >= 0.6 is 11.3 Å². The average Bonchev–Trinajstić information content (AvgIpc) is 3.14. The first-order valence-corrected chi connectivity index (χ1v) is 7.47. The van der Waals surface area contributed by atoms with Gasteiger partial charge in [-0.1, -0.05) is 12.1 Å². The molecule has 3 rings (SSSR count). The van der Waals surface area contributed by atoms with Crippen molar-refractivity contribution in [1.29, 1.82) is 0 Å². The van der Waals surface area contributed by atoms with E-state index in [0.29, 0.717) is 0 Å². The standard InChI is InChI=1S/C16H16N2OS/c1-18(10-8-12-4-3-11-20-12)16(19)14-5-2-6-15-13(14)7-9-17-15/h2-7,9,11,17H,8,10H2,1H3. The van der Waals surface area contributed by atoms with Crippen LogP contribution in [0.4, 0.5) is 0 Å². The Morgan fingerprint density at radius 2 is 2.15 bits per heavy atom. The molecule has 0 radical (unpaired) electrons. The molecule has 0 saturated heterocycles. The summed E-state index contributed by atoms with van der Waals surface area (Å²) < 4.78 is 0. The average molecular weight is 284 g/mol. The quantitative estimate of drug-likeness (QED) is 0.781. The maximum Gasteiger partial charge on any atom is 0.254 e. The number of nitrogens with zero attached hydrogens (tertiary/aromatic N) is 1. The second-order valence-corrected chi connectivity index (χ2v) is 5.83. The molecule has 102 valence electrons. The molecular formula is C16H16N2OS. The van der Waals surface area contributed by atoms with Crippen molar-refractivity contribution in [1.82, 2.24) is 9.88 Å². The third-order valence-electron chi connectivity index (χ3n) is 3.45. The molecule has 0 fully saturated rings. The predicted molar refractivity (Wildman–Crippen MR) is 83.3 cm³/mol. The number of thiophene rings is 1. The molecule has 0 spiro atoms. The van der Waals surface area contributed by atoms with Crippen LogP contribution in [-0.2, 0) is 6.42 Å². The van der Waals surface area contributed by atoms with E-state index >= 15 is 0 Å². The number of benzene rings is 1. The van der Waals surface area contributed by atoms with Gasteiger partial charge in [-0.25, -0.2) is 0 Å². The van der Waals surface area contributed by atoms with Crippen LogP contribution < -0.4 is 0 Å². The molecule has 1 N–H and O–H groups in total. The van der Waals surface area contributed by atoms with Crippen LogP contribution in [0.5, 0.6) is 0 Å². The molecule has 1 amide bonds. The zero-order chi connectivity index (χ0) is 13.9. The number of nitrogens with one attached hydrogen (secondary N) is 1. The number of amides is 1. The van der Waals surface area contributed by atoms with Gasteiger partial charge in [0.15, 0.2) is 0 Å². The first-order chi connectivity index (χ1) is 9.75. The van der Waals surface area contributed by atoms with Crippen molar-refractivity contribution in [2.75, 3.05) is 13.6 Å². The first kappa shape index (κ1) is 12.9. The number of likely N-dealkylation sites (N-methyl/N-ethyl adjacent to an activating group) is 1. The largest absolute Gasteiger partial charge is 0.361 e. The summed E-state index contributed by atoms with van der Waals surface area (Å²) in [7, 11) is 1.86. The third kappa shape index (κ3) is 2.47. The molecule has 1 aromatic carbocycles. The molecule has 2 aromatic heterocycles. The van der Waals surface area contributed by atoms with E-state index in [-0.39, 0.29) is 5.91 Å². The van der Waals surface area contributed by atoms with Crippen molar-refractivity contribution in [2.24, 2.45) is 0 Å². The fraction of sp³-hybridized carbons (Fsp3) is 0.188. The van der Waals surface area contributed by atoms with Gasteiger partial charge in [0, 0.05) is 41.1 Å². The van der Waals surface area contributed by atoms with Crippen molar-refractivity contribution in [3.05, 3.63) is 58.4 Å². The number of hydrogen-bond acceptors (Lipinski definition) is 2. The minimum absolute atomic E-state index is 0.0757. The molecule has 0 unspecified atom stereocenters. The summed E-state index contributed by atoms with van der Waals surface area (Å²) in [5, 5.41) is 3.05. The van der Waals surface area contributed by atoms with Gasteiger partial charge in [0.1, 0.15) is 0 Å². The van der Waals surface area contributed by atoms with E-state index < -0.39 is 0 Å². The van der Waals surface area contributed by atoms with Gasteiger partial charge in [-0.2, -0.15) is 0 Å². The lowest BCUT2D eigenvalue weighted by atomic mass is 10.1. The van der Waals surface area contributed by atoms with Crippen LogP contribution in [0.3, 0.4) is 0 Å². The molecule has 0 aliphatic carbocycles. The Hall–Kier alpha value is -2.07. The fourth-order valence-corrected chi connectivity index (χ4v) is 3.01. The van der Waals surface area contributed by atoms with Crippen molar-refractivity contribution in [3.8, 4) is 0 Å². The van der Waals surface area contributed by atoms with Gasteiger partial charge in [-0.05, 0) is 36.1 Å². The maximum atomic E-state index is 12.5. The van der Waals surface area contributed by atoms with Crippen LogP contribution in [0.15, 0.2) is 48.0 Å². The Morgan fingerprint density at radius 3 is 2.95 bits per heavy atom. The SMILES string of the molecule is CN(CCc1cccs1)C(=O)c1cccc2[nH]ccc12. The molecular weight excluding hydrogens is 268 g/mol. The van der Waals surface area contributed by atoms with Gasteiger partial charge < -0.3 is 9.88 Å². The number of rotatable bonds is 4. The van der Waals surface area contributed by atoms with Gasteiger partial charge in [0.05, 0.1) is 0 Å². The number of H-pyrrole nitrogens is 1. The molecule has 3 aromatic rings. The number of fused-ring (bicyclic) bond motifs is 1. The molecule has 0 bridgehead atoms. The van der Waals surface area contributed by atoms with Gasteiger partial charge in [0.2, 0.25) is 0 Å². The zero-order valence-electron chi connectivity index (χ0n) is 11.3. The summed E-state index contributed by atoms with van der Waals surface area (Å²) in [4.78, 5) is 18.8. The third-order valence-corrected chi connectivity index (χ3v) is 4.38. The van der Waals surface area contributed by atoms with Gasteiger partial charge in [-0.3, -0.25) is 4.79 Å². The molecule has 0 aliphatic heterocycles. The number of hydrogen-bond donors (Lipinski definition) is 1. The highest BCUT2D eigenvalue weighted by molar-refractivity contribution is 7.09. The molecule has 0 saturated carbocycles. The molecule has 2 heterocycles. The van der Waals surface area contributed by atoms with Crippen LogP contribution in [-0.4, -0.2) is 29.4 Å². The monoisotopic (exact) mass is 284 g/mol. The number of carbonyl (C=O) groups is 1. The van der Waals surface area contributed by atoms with Crippen LogP contribution in [0.1, 0.15) is 15.2 Å². The van der Waals surface area contributed by atoms with Crippen molar-refractivity contribution < 1.29 is 4.79 Å². The number of aromatic amines is 1.